The summed E-state index contributed by atoms with van der Waals surface area (Å²) >= 11 is 0. The topological polar surface area (TPSA) is 66.4 Å². The summed E-state index contributed by atoms with van der Waals surface area (Å²) in [5.41, 5.74) is 2.29. The fourth-order valence-electron chi connectivity index (χ4n) is 2.00. The molecule has 2 N–H and O–H groups in total. The lowest BCUT2D eigenvalue weighted by Crippen LogP contribution is -2.28. The Labute approximate surface area is 126 Å². The van der Waals surface area contributed by atoms with Crippen molar-refractivity contribution >= 4 is 11.9 Å². The molecule has 0 aliphatic carbocycles. The van der Waals surface area contributed by atoms with Gasteiger partial charge in [-0.3, -0.25) is 9.59 Å². The molecule has 0 aliphatic heterocycles. The normalized spacial score (nSPS) is 11.9. The Morgan fingerprint density at radius 1 is 1.19 bits per heavy atom. The molecule has 21 heavy (non-hydrogen) atoms. The first-order chi connectivity index (χ1) is 10.0. The number of unbranched alkanes of at least 4 members (excludes halogenated alkanes) is 1. The highest BCUT2D eigenvalue weighted by Gasteiger charge is 2.11. The minimum absolute atomic E-state index is 0.0612. The zero-order chi connectivity index (χ0) is 15.7. The van der Waals surface area contributed by atoms with Gasteiger partial charge < -0.3 is 10.4 Å². The van der Waals surface area contributed by atoms with Crippen molar-refractivity contribution in [3.05, 3.63) is 35.4 Å². The number of nitrogens with one attached hydrogen (secondary N) is 1. The molecule has 0 fully saturated rings. The van der Waals surface area contributed by atoms with E-state index in [1.807, 2.05) is 12.1 Å². The second-order valence-electron chi connectivity index (χ2n) is 5.47. The van der Waals surface area contributed by atoms with Crippen molar-refractivity contribution in [2.24, 2.45) is 5.92 Å². The Morgan fingerprint density at radius 2 is 1.81 bits per heavy atom. The first-order valence-electron chi connectivity index (χ1n) is 7.60. The summed E-state index contributed by atoms with van der Waals surface area (Å²) in [5.74, 6) is -1.32. The van der Waals surface area contributed by atoms with Crippen molar-refractivity contribution in [2.75, 3.05) is 6.54 Å². The van der Waals surface area contributed by atoms with Crippen LogP contribution in [0.15, 0.2) is 24.3 Å². The molecule has 0 aliphatic rings. The van der Waals surface area contributed by atoms with Crippen molar-refractivity contribution in [3.63, 3.8) is 0 Å². The minimum atomic E-state index is -0.827. The second kappa shape index (κ2) is 9.16. The average molecular weight is 291 g/mol. The third kappa shape index (κ3) is 6.93. The van der Waals surface area contributed by atoms with Crippen LogP contribution >= 0.6 is 0 Å². The average Bonchev–Trinajstić information content (AvgIpc) is 2.46. The molecule has 4 heteroatoms. The minimum Gasteiger partial charge on any atom is -0.481 e. The van der Waals surface area contributed by atoms with E-state index in [-0.39, 0.29) is 5.91 Å². The number of carbonyl (C=O) groups excluding carboxylic acids is 1. The lowest BCUT2D eigenvalue weighted by Gasteiger charge is -2.08. The fraction of sp³-hybridized carbons (Fsp3) is 0.529. The molecular formula is C17H25NO3. The standard InChI is InChI=1S/C17H25NO3/c1-3-4-5-14-6-8-15(9-7-14)12-16(19)18-11-10-13(2)17(20)21/h6-9,13H,3-5,10-12H2,1-2H3,(H,18,19)(H,20,21). The van der Waals surface area contributed by atoms with E-state index in [0.29, 0.717) is 19.4 Å². The number of aryl methyl sites for hydroxylation is 1. The maximum Gasteiger partial charge on any atom is 0.306 e. The largest absolute Gasteiger partial charge is 0.481 e. The van der Waals surface area contributed by atoms with Crippen LogP contribution in [0.1, 0.15) is 44.2 Å². The van der Waals surface area contributed by atoms with E-state index >= 15 is 0 Å². The molecule has 1 unspecified atom stereocenters. The molecule has 1 amide bonds. The Balaban J connectivity index is 2.32. The molecule has 0 aromatic heterocycles. The van der Waals surface area contributed by atoms with Crippen LogP contribution in [0.5, 0.6) is 0 Å². The molecule has 1 aromatic carbocycles. The van der Waals surface area contributed by atoms with Crippen LogP contribution in [-0.2, 0) is 22.4 Å². The highest BCUT2D eigenvalue weighted by atomic mass is 16.4. The summed E-state index contributed by atoms with van der Waals surface area (Å²) in [6, 6.07) is 8.13. The second-order valence-corrected chi connectivity index (χ2v) is 5.47. The third-order valence-electron chi connectivity index (χ3n) is 3.53. The van der Waals surface area contributed by atoms with Crippen LogP contribution in [0.25, 0.3) is 0 Å². The SMILES string of the molecule is CCCCc1ccc(CC(=O)NCCC(C)C(=O)O)cc1. The van der Waals surface area contributed by atoms with Gasteiger partial charge in [0.2, 0.25) is 5.91 Å². The monoisotopic (exact) mass is 291 g/mol. The van der Waals surface area contributed by atoms with Crippen molar-refractivity contribution in [2.45, 2.75) is 46.0 Å². The molecule has 0 spiro atoms. The quantitative estimate of drug-likeness (QED) is 0.735. The van der Waals surface area contributed by atoms with Gasteiger partial charge in [-0.2, -0.15) is 0 Å². The van der Waals surface area contributed by atoms with Gasteiger partial charge in [0, 0.05) is 6.54 Å². The Kier molecular flexibility index (Phi) is 7.51. The van der Waals surface area contributed by atoms with Crippen LogP contribution in [0, 0.1) is 5.92 Å². The molecule has 0 bridgehead atoms. The number of carboxylic acids is 1. The summed E-state index contributed by atoms with van der Waals surface area (Å²) in [6.07, 6.45) is 4.24. The van der Waals surface area contributed by atoms with Crippen LogP contribution < -0.4 is 5.32 Å². The molecule has 0 radical (unpaired) electrons. The molecular weight excluding hydrogens is 266 g/mol. The van der Waals surface area contributed by atoms with E-state index in [9.17, 15) is 9.59 Å². The zero-order valence-electron chi connectivity index (χ0n) is 12.9. The zero-order valence-corrected chi connectivity index (χ0v) is 12.9. The van der Waals surface area contributed by atoms with Gasteiger partial charge in [0.15, 0.2) is 0 Å². The predicted molar refractivity (Wildman–Crippen MR) is 83.2 cm³/mol. The van der Waals surface area contributed by atoms with Gasteiger partial charge >= 0.3 is 5.97 Å². The lowest BCUT2D eigenvalue weighted by atomic mass is 10.0. The number of aliphatic carboxylic acids is 1. The first-order valence-corrected chi connectivity index (χ1v) is 7.60. The number of carboxylic acid groups (broad SMARTS) is 1. The van der Waals surface area contributed by atoms with Gasteiger partial charge in [-0.25, -0.2) is 0 Å². The van der Waals surface area contributed by atoms with Gasteiger partial charge in [0.05, 0.1) is 12.3 Å². The molecule has 0 saturated heterocycles. The Bertz CT molecular complexity index is 454. The van der Waals surface area contributed by atoms with E-state index in [4.69, 9.17) is 5.11 Å². The molecule has 1 atom stereocenters. The summed E-state index contributed by atoms with van der Waals surface area (Å²) < 4.78 is 0. The number of hydrogen-bond donors (Lipinski definition) is 2. The van der Waals surface area contributed by atoms with Crippen LogP contribution in [0.2, 0.25) is 0 Å². The number of hydrogen-bond acceptors (Lipinski definition) is 2. The molecule has 0 saturated carbocycles. The van der Waals surface area contributed by atoms with E-state index in [2.05, 4.69) is 24.4 Å². The van der Waals surface area contributed by atoms with Gasteiger partial charge in [-0.05, 0) is 30.4 Å². The predicted octanol–water partition coefficient (Wildman–Crippen LogP) is 2.80. The smallest absolute Gasteiger partial charge is 0.306 e. The molecule has 1 rings (SSSR count). The molecule has 1 aromatic rings. The van der Waals surface area contributed by atoms with Gasteiger partial charge in [0.1, 0.15) is 0 Å². The number of amides is 1. The van der Waals surface area contributed by atoms with E-state index < -0.39 is 11.9 Å². The molecule has 4 nitrogen and oxygen atoms in total. The fourth-order valence-corrected chi connectivity index (χ4v) is 2.00. The molecule has 116 valence electrons. The number of rotatable bonds is 9. The lowest BCUT2D eigenvalue weighted by molar-refractivity contribution is -0.141. The third-order valence-corrected chi connectivity index (χ3v) is 3.53. The number of carbonyl (C=O) groups is 2. The highest BCUT2D eigenvalue weighted by molar-refractivity contribution is 5.78. The summed E-state index contributed by atoms with van der Waals surface area (Å²) in [6.45, 7) is 4.22. The maximum absolute atomic E-state index is 11.8. The van der Waals surface area contributed by atoms with E-state index in [1.165, 1.54) is 18.4 Å². The highest BCUT2D eigenvalue weighted by Crippen LogP contribution is 2.08. The summed E-state index contributed by atoms with van der Waals surface area (Å²) in [4.78, 5) is 22.4. The summed E-state index contributed by atoms with van der Waals surface area (Å²) in [7, 11) is 0. The van der Waals surface area contributed by atoms with Crippen molar-refractivity contribution < 1.29 is 14.7 Å². The van der Waals surface area contributed by atoms with Crippen LogP contribution in [0.4, 0.5) is 0 Å². The van der Waals surface area contributed by atoms with Gasteiger partial charge in [0.25, 0.3) is 0 Å². The van der Waals surface area contributed by atoms with E-state index in [0.717, 1.165) is 12.0 Å². The molecule has 0 heterocycles. The summed E-state index contributed by atoms with van der Waals surface area (Å²) in [5, 5.41) is 11.5. The van der Waals surface area contributed by atoms with Crippen molar-refractivity contribution in [1.82, 2.24) is 5.32 Å². The maximum atomic E-state index is 11.8. The van der Waals surface area contributed by atoms with Gasteiger partial charge in [-0.1, -0.05) is 44.5 Å². The van der Waals surface area contributed by atoms with E-state index in [1.54, 1.807) is 6.92 Å². The Morgan fingerprint density at radius 3 is 2.38 bits per heavy atom. The number of benzene rings is 1. The van der Waals surface area contributed by atoms with Crippen molar-refractivity contribution in [3.8, 4) is 0 Å². The van der Waals surface area contributed by atoms with Crippen molar-refractivity contribution in [1.29, 1.82) is 0 Å². The van der Waals surface area contributed by atoms with Gasteiger partial charge in [-0.15, -0.1) is 0 Å². The van der Waals surface area contributed by atoms with Crippen LogP contribution in [0.3, 0.4) is 0 Å². The van der Waals surface area contributed by atoms with Crippen LogP contribution in [-0.4, -0.2) is 23.5 Å². The first kappa shape index (κ1) is 17.2. The Hall–Kier alpha value is -1.84.